The fourth-order valence-corrected chi connectivity index (χ4v) is 3.26. The maximum Gasteiger partial charge on any atom is 0.244 e. The van der Waals surface area contributed by atoms with Gasteiger partial charge in [0, 0.05) is 55.9 Å². The van der Waals surface area contributed by atoms with Crippen LogP contribution in [0.15, 0.2) is 48.5 Å². The molecule has 1 heterocycles. The molecule has 4 N–H and O–H groups in total. The largest absolute Gasteiger partial charge is 0.368 e. The minimum atomic E-state index is -1.59. The lowest BCUT2D eigenvalue weighted by molar-refractivity contribution is -0.119. The van der Waals surface area contributed by atoms with Crippen molar-refractivity contribution in [1.82, 2.24) is 20.6 Å². The number of aromatic nitrogens is 2. The summed E-state index contributed by atoms with van der Waals surface area (Å²) in [5, 5.41) is 11.7. The smallest absolute Gasteiger partial charge is 0.244 e. The summed E-state index contributed by atoms with van der Waals surface area (Å²) in [6.45, 7) is 4.70. The Hall–Kier alpha value is -4.41. The number of hydrogen-bond donors (Lipinski definition) is 4. The Balaban J connectivity index is 1.63. The highest BCUT2D eigenvalue weighted by Crippen LogP contribution is 2.25. The first-order valence-electron chi connectivity index (χ1n) is 11.5. The molecule has 0 unspecified atom stereocenters. The first-order valence-corrected chi connectivity index (χ1v) is 11.5. The molecular formula is C26H27F3N6O2. The highest BCUT2D eigenvalue weighted by molar-refractivity contribution is 5.91. The lowest BCUT2D eigenvalue weighted by Gasteiger charge is -2.15. The van der Waals surface area contributed by atoms with Crippen molar-refractivity contribution in [3.05, 3.63) is 77.1 Å². The van der Waals surface area contributed by atoms with Crippen LogP contribution in [0.25, 0.3) is 17.5 Å². The summed E-state index contributed by atoms with van der Waals surface area (Å²) in [4.78, 5) is 32.4. The van der Waals surface area contributed by atoms with E-state index >= 15 is 0 Å². The Morgan fingerprint density at radius 3 is 2.08 bits per heavy atom. The summed E-state index contributed by atoms with van der Waals surface area (Å²) in [6.07, 6.45) is 2.11. The lowest BCUT2D eigenvalue weighted by atomic mass is 10.2. The normalized spacial score (nSPS) is 10.8. The van der Waals surface area contributed by atoms with Gasteiger partial charge in [-0.3, -0.25) is 9.59 Å². The molecule has 0 spiro atoms. The van der Waals surface area contributed by atoms with Crippen LogP contribution in [0, 0.1) is 24.4 Å². The summed E-state index contributed by atoms with van der Waals surface area (Å²) < 4.78 is 40.1. The van der Waals surface area contributed by atoms with Crippen molar-refractivity contribution >= 4 is 29.5 Å². The standard InChI is InChI=1S/C26H27F3N6O2/c1-16-24(32-14-12-30-17(2)36)34-26(19-6-4-3-5-7-19)35-25(16)33-15-13-31-21(37)11-9-18-8-10-20(27)23(29)22(18)28/h3-11H,12-15H2,1-2H3,(H,30,36)(H,31,37)(H2,32,33,34,35)/b11-9+. The number of carbonyl (C=O) groups excluding carboxylic acids is 2. The van der Waals surface area contributed by atoms with Crippen LogP contribution < -0.4 is 21.3 Å². The minimum absolute atomic E-state index is 0.125. The fourth-order valence-electron chi connectivity index (χ4n) is 3.26. The number of anilines is 2. The molecule has 0 saturated heterocycles. The third kappa shape index (κ3) is 7.79. The van der Waals surface area contributed by atoms with Gasteiger partial charge in [0.05, 0.1) is 0 Å². The molecule has 1 aromatic heterocycles. The third-order valence-electron chi connectivity index (χ3n) is 5.17. The van der Waals surface area contributed by atoms with Crippen molar-refractivity contribution in [3.8, 4) is 11.4 Å². The second kappa shape index (κ2) is 13.1. The number of carbonyl (C=O) groups is 2. The highest BCUT2D eigenvalue weighted by Gasteiger charge is 2.13. The number of rotatable bonds is 11. The van der Waals surface area contributed by atoms with Crippen LogP contribution >= 0.6 is 0 Å². The molecule has 11 heteroatoms. The fraction of sp³-hybridized carbons (Fsp3) is 0.231. The van der Waals surface area contributed by atoms with Crippen LogP contribution in [-0.4, -0.2) is 48.0 Å². The first-order chi connectivity index (χ1) is 17.8. The van der Waals surface area contributed by atoms with E-state index in [1.807, 2.05) is 37.3 Å². The minimum Gasteiger partial charge on any atom is -0.368 e. The van der Waals surface area contributed by atoms with Gasteiger partial charge in [-0.25, -0.2) is 23.1 Å². The summed E-state index contributed by atoms with van der Waals surface area (Å²) in [5.74, 6) is -3.25. The highest BCUT2D eigenvalue weighted by atomic mass is 19.2. The van der Waals surface area contributed by atoms with Crippen molar-refractivity contribution in [2.75, 3.05) is 36.8 Å². The van der Waals surface area contributed by atoms with Gasteiger partial charge < -0.3 is 21.3 Å². The van der Waals surface area contributed by atoms with E-state index < -0.39 is 23.4 Å². The van der Waals surface area contributed by atoms with Gasteiger partial charge in [0.1, 0.15) is 11.6 Å². The van der Waals surface area contributed by atoms with Crippen molar-refractivity contribution in [2.45, 2.75) is 13.8 Å². The van der Waals surface area contributed by atoms with E-state index in [1.54, 1.807) is 0 Å². The Labute approximate surface area is 212 Å². The van der Waals surface area contributed by atoms with Crippen molar-refractivity contribution in [1.29, 1.82) is 0 Å². The molecule has 2 amide bonds. The topological polar surface area (TPSA) is 108 Å². The molecule has 0 bridgehead atoms. The summed E-state index contributed by atoms with van der Waals surface area (Å²) in [5.41, 5.74) is 1.33. The van der Waals surface area contributed by atoms with Gasteiger partial charge in [-0.05, 0) is 25.1 Å². The lowest BCUT2D eigenvalue weighted by Crippen LogP contribution is -2.28. The molecule has 194 valence electrons. The molecule has 0 radical (unpaired) electrons. The summed E-state index contributed by atoms with van der Waals surface area (Å²) in [7, 11) is 0. The van der Waals surface area contributed by atoms with Crippen LogP contribution in [-0.2, 0) is 9.59 Å². The molecule has 8 nitrogen and oxygen atoms in total. The maximum atomic E-state index is 13.7. The maximum absolute atomic E-state index is 13.7. The van der Waals surface area contributed by atoms with E-state index in [1.165, 1.54) is 6.92 Å². The molecule has 0 saturated carbocycles. The van der Waals surface area contributed by atoms with Crippen LogP contribution in [0.2, 0.25) is 0 Å². The molecule has 0 aliphatic heterocycles. The van der Waals surface area contributed by atoms with Crippen LogP contribution in [0.3, 0.4) is 0 Å². The van der Waals surface area contributed by atoms with E-state index in [0.717, 1.165) is 35.4 Å². The molecule has 0 atom stereocenters. The second-order valence-electron chi connectivity index (χ2n) is 7.96. The number of nitrogens with one attached hydrogen (secondary N) is 4. The molecule has 0 fully saturated rings. The van der Waals surface area contributed by atoms with Crippen molar-refractivity contribution < 1.29 is 22.8 Å². The number of hydrogen-bond acceptors (Lipinski definition) is 6. The van der Waals surface area contributed by atoms with Crippen LogP contribution in [0.5, 0.6) is 0 Å². The number of amides is 2. The molecule has 2 aromatic carbocycles. The average molecular weight is 513 g/mol. The van der Waals surface area contributed by atoms with Gasteiger partial charge in [-0.15, -0.1) is 0 Å². The van der Waals surface area contributed by atoms with Gasteiger partial charge >= 0.3 is 0 Å². The number of halogens is 3. The van der Waals surface area contributed by atoms with E-state index in [4.69, 9.17) is 0 Å². The summed E-state index contributed by atoms with van der Waals surface area (Å²) in [6, 6.07) is 11.3. The number of benzene rings is 2. The molecule has 0 aliphatic carbocycles. The van der Waals surface area contributed by atoms with Gasteiger partial charge in [0.2, 0.25) is 11.8 Å². The molecule has 3 aromatic rings. The monoisotopic (exact) mass is 512 g/mol. The summed E-state index contributed by atoms with van der Waals surface area (Å²) >= 11 is 0. The van der Waals surface area contributed by atoms with Crippen LogP contribution in [0.4, 0.5) is 24.8 Å². The molecule has 37 heavy (non-hydrogen) atoms. The Morgan fingerprint density at radius 2 is 1.46 bits per heavy atom. The average Bonchev–Trinajstić information content (AvgIpc) is 2.89. The zero-order valence-corrected chi connectivity index (χ0v) is 20.4. The van der Waals surface area contributed by atoms with E-state index in [9.17, 15) is 22.8 Å². The van der Waals surface area contributed by atoms with Gasteiger partial charge in [0.15, 0.2) is 23.3 Å². The Morgan fingerprint density at radius 1 is 0.838 bits per heavy atom. The molecule has 0 aliphatic rings. The quantitative estimate of drug-likeness (QED) is 0.178. The number of nitrogens with zero attached hydrogens (tertiary/aromatic N) is 2. The molecular weight excluding hydrogens is 485 g/mol. The SMILES string of the molecule is CC(=O)NCCNc1nc(-c2ccccc2)nc(NCCNC(=O)/C=C/c2ccc(F)c(F)c2F)c1C. The molecule has 3 rings (SSSR count). The Bertz CT molecular complexity index is 1290. The van der Waals surface area contributed by atoms with Crippen LogP contribution in [0.1, 0.15) is 18.1 Å². The zero-order valence-electron chi connectivity index (χ0n) is 20.4. The third-order valence-corrected chi connectivity index (χ3v) is 5.17. The Kier molecular flexibility index (Phi) is 9.59. The first kappa shape index (κ1) is 27.2. The zero-order chi connectivity index (χ0) is 26.8. The second-order valence-corrected chi connectivity index (χ2v) is 7.96. The van der Waals surface area contributed by atoms with Crippen molar-refractivity contribution in [2.24, 2.45) is 0 Å². The van der Waals surface area contributed by atoms with E-state index in [0.29, 0.717) is 37.1 Å². The van der Waals surface area contributed by atoms with Crippen molar-refractivity contribution in [3.63, 3.8) is 0 Å². The van der Waals surface area contributed by atoms with Gasteiger partial charge in [0.25, 0.3) is 0 Å². The van der Waals surface area contributed by atoms with E-state index in [-0.39, 0.29) is 18.0 Å². The van der Waals surface area contributed by atoms with Gasteiger partial charge in [-0.1, -0.05) is 30.3 Å². The van der Waals surface area contributed by atoms with E-state index in [2.05, 4.69) is 31.2 Å². The predicted molar refractivity (Wildman–Crippen MR) is 136 cm³/mol. The predicted octanol–water partition coefficient (Wildman–Crippen LogP) is 3.66. The van der Waals surface area contributed by atoms with Gasteiger partial charge in [-0.2, -0.15) is 0 Å².